The lowest BCUT2D eigenvalue weighted by atomic mass is 10.0. The highest BCUT2D eigenvalue weighted by atomic mass is 35.5. The smallest absolute Gasteiger partial charge is 0.199 e. The van der Waals surface area contributed by atoms with Crippen LogP contribution in [0.3, 0.4) is 0 Å². The number of benzene rings is 1. The van der Waals surface area contributed by atoms with Crippen LogP contribution in [0.15, 0.2) is 28.7 Å². The molecule has 1 N–H and O–H groups in total. The maximum atomic E-state index is 6.17. The highest BCUT2D eigenvalue weighted by Crippen LogP contribution is 2.29. The van der Waals surface area contributed by atoms with Crippen molar-refractivity contribution < 1.29 is 9.15 Å². The first-order valence-corrected chi connectivity index (χ1v) is 6.89. The van der Waals surface area contributed by atoms with Crippen LogP contribution in [-0.2, 0) is 11.3 Å². The van der Waals surface area contributed by atoms with Gasteiger partial charge in [-0.2, -0.15) is 0 Å². The summed E-state index contributed by atoms with van der Waals surface area (Å²) in [7, 11) is 1.72. The van der Waals surface area contributed by atoms with Gasteiger partial charge in [0.2, 0.25) is 0 Å². The van der Waals surface area contributed by atoms with E-state index in [1.165, 1.54) is 0 Å². The molecule has 1 aromatic carbocycles. The Morgan fingerprint density at radius 2 is 2.05 bits per heavy atom. The topological polar surface area (TPSA) is 34.4 Å². The molecule has 0 saturated heterocycles. The average Bonchev–Trinajstić information content (AvgIpc) is 2.70. The van der Waals surface area contributed by atoms with E-state index in [0.717, 1.165) is 16.5 Å². The second-order valence-electron chi connectivity index (χ2n) is 5.04. The van der Waals surface area contributed by atoms with E-state index in [0.29, 0.717) is 30.3 Å². The van der Waals surface area contributed by atoms with Gasteiger partial charge in [0.1, 0.15) is 5.58 Å². The first-order valence-electron chi connectivity index (χ1n) is 6.51. The van der Waals surface area contributed by atoms with Crippen molar-refractivity contribution in [1.82, 2.24) is 5.32 Å². The number of methoxy groups -OCH3 is 1. The van der Waals surface area contributed by atoms with Crippen LogP contribution < -0.4 is 5.32 Å². The van der Waals surface area contributed by atoms with Crippen molar-refractivity contribution >= 4 is 22.6 Å². The van der Waals surface area contributed by atoms with E-state index in [1.54, 1.807) is 7.11 Å². The minimum Gasteiger partial charge on any atom is -0.444 e. The van der Waals surface area contributed by atoms with Gasteiger partial charge in [0.05, 0.1) is 6.61 Å². The molecule has 0 aliphatic heterocycles. The summed E-state index contributed by atoms with van der Waals surface area (Å²) in [5.41, 5.74) is 1.84. The Balaban J connectivity index is 2.14. The molecule has 0 aliphatic rings. The Hall–Kier alpha value is -1.03. The molecule has 1 aromatic heterocycles. The van der Waals surface area contributed by atoms with Crippen molar-refractivity contribution in [3.63, 3.8) is 0 Å². The minimum absolute atomic E-state index is 0.301. The molecule has 2 rings (SSSR count). The first-order chi connectivity index (χ1) is 9.13. The summed E-state index contributed by atoms with van der Waals surface area (Å²) in [5, 5.41) is 5.02. The fourth-order valence-electron chi connectivity index (χ4n) is 2.13. The van der Waals surface area contributed by atoms with Crippen molar-refractivity contribution in [2.75, 3.05) is 13.7 Å². The third-order valence-corrected chi connectivity index (χ3v) is 3.65. The molecule has 0 spiro atoms. The molecule has 4 heteroatoms. The molecular weight excluding hydrogens is 262 g/mol. The van der Waals surface area contributed by atoms with Crippen molar-refractivity contribution in [2.45, 2.75) is 26.4 Å². The van der Waals surface area contributed by atoms with Crippen LogP contribution in [0.1, 0.15) is 19.4 Å². The van der Waals surface area contributed by atoms with Crippen LogP contribution >= 0.6 is 11.6 Å². The number of para-hydroxylation sites is 1. The van der Waals surface area contributed by atoms with Crippen LogP contribution in [0.5, 0.6) is 0 Å². The van der Waals surface area contributed by atoms with E-state index in [4.69, 9.17) is 20.8 Å². The van der Waals surface area contributed by atoms with Gasteiger partial charge in [-0.15, -0.1) is 0 Å². The first kappa shape index (κ1) is 14.4. The Kier molecular flexibility index (Phi) is 4.86. The van der Waals surface area contributed by atoms with Gasteiger partial charge in [-0.05, 0) is 23.6 Å². The summed E-state index contributed by atoms with van der Waals surface area (Å²) >= 11 is 6.17. The van der Waals surface area contributed by atoms with Crippen molar-refractivity contribution in [3.8, 4) is 0 Å². The molecule has 1 heterocycles. The summed E-state index contributed by atoms with van der Waals surface area (Å²) in [4.78, 5) is 0. The SMILES string of the molecule is COCC(NCc1c(Cl)oc2ccccc12)C(C)C. The molecule has 2 aromatic rings. The number of hydrogen-bond donors (Lipinski definition) is 1. The highest BCUT2D eigenvalue weighted by molar-refractivity contribution is 6.30. The summed E-state index contributed by atoms with van der Waals surface area (Å²) in [6, 6.07) is 8.20. The standard InChI is InChI=1S/C15H20ClNO2/c1-10(2)13(9-18-3)17-8-12-11-6-4-5-7-14(11)19-15(12)16/h4-7,10,13,17H,8-9H2,1-3H3. The van der Waals surface area contributed by atoms with E-state index >= 15 is 0 Å². The van der Waals surface area contributed by atoms with E-state index in [9.17, 15) is 0 Å². The number of hydrogen-bond acceptors (Lipinski definition) is 3. The molecule has 1 atom stereocenters. The molecule has 0 saturated carbocycles. The molecular formula is C15H20ClNO2. The lowest BCUT2D eigenvalue weighted by Crippen LogP contribution is -2.37. The lowest BCUT2D eigenvalue weighted by molar-refractivity contribution is 0.146. The maximum Gasteiger partial charge on any atom is 0.199 e. The maximum absolute atomic E-state index is 6.17. The third-order valence-electron chi connectivity index (χ3n) is 3.34. The van der Waals surface area contributed by atoms with Gasteiger partial charge in [0.25, 0.3) is 0 Å². The summed E-state index contributed by atoms with van der Waals surface area (Å²) in [6.07, 6.45) is 0. The van der Waals surface area contributed by atoms with Gasteiger partial charge in [-0.1, -0.05) is 32.0 Å². The van der Waals surface area contributed by atoms with Crippen molar-refractivity contribution in [1.29, 1.82) is 0 Å². The molecule has 19 heavy (non-hydrogen) atoms. The zero-order valence-electron chi connectivity index (χ0n) is 11.6. The van der Waals surface area contributed by atoms with Crippen molar-refractivity contribution in [2.24, 2.45) is 5.92 Å². The van der Waals surface area contributed by atoms with Gasteiger partial charge < -0.3 is 14.5 Å². The van der Waals surface area contributed by atoms with Crippen LogP contribution in [-0.4, -0.2) is 19.8 Å². The molecule has 0 fully saturated rings. The van der Waals surface area contributed by atoms with Crippen LogP contribution in [0.25, 0.3) is 11.0 Å². The largest absolute Gasteiger partial charge is 0.444 e. The monoisotopic (exact) mass is 281 g/mol. The predicted octanol–water partition coefficient (Wildman–Crippen LogP) is 3.85. The van der Waals surface area contributed by atoms with E-state index in [-0.39, 0.29) is 0 Å². The summed E-state index contributed by atoms with van der Waals surface area (Å²) in [6.45, 7) is 5.71. The normalized spacial score (nSPS) is 13.3. The second-order valence-corrected chi connectivity index (χ2v) is 5.38. The lowest BCUT2D eigenvalue weighted by Gasteiger charge is -2.21. The number of nitrogens with one attached hydrogen (secondary N) is 1. The zero-order valence-corrected chi connectivity index (χ0v) is 12.3. The number of rotatable bonds is 6. The molecule has 0 aliphatic carbocycles. The quantitative estimate of drug-likeness (QED) is 0.873. The number of furan rings is 1. The van der Waals surface area contributed by atoms with Crippen LogP contribution in [0.2, 0.25) is 5.22 Å². The van der Waals surface area contributed by atoms with Gasteiger partial charge in [-0.25, -0.2) is 0 Å². The van der Waals surface area contributed by atoms with Gasteiger partial charge in [0.15, 0.2) is 5.22 Å². The third kappa shape index (κ3) is 3.30. The molecule has 0 radical (unpaired) electrons. The average molecular weight is 282 g/mol. The molecule has 3 nitrogen and oxygen atoms in total. The second kappa shape index (κ2) is 6.42. The Morgan fingerprint density at radius 1 is 1.32 bits per heavy atom. The van der Waals surface area contributed by atoms with Crippen LogP contribution in [0, 0.1) is 5.92 Å². The van der Waals surface area contributed by atoms with E-state index < -0.39 is 0 Å². The Labute approximate surface area is 118 Å². The summed E-state index contributed by atoms with van der Waals surface area (Å²) in [5.74, 6) is 0.497. The van der Waals surface area contributed by atoms with Gasteiger partial charge in [0, 0.05) is 30.6 Å². The summed E-state index contributed by atoms with van der Waals surface area (Å²) < 4.78 is 10.8. The van der Waals surface area contributed by atoms with Gasteiger partial charge in [-0.3, -0.25) is 0 Å². The van der Waals surface area contributed by atoms with E-state index in [2.05, 4.69) is 19.2 Å². The number of fused-ring (bicyclic) bond motifs is 1. The minimum atomic E-state index is 0.301. The van der Waals surface area contributed by atoms with E-state index in [1.807, 2.05) is 24.3 Å². The van der Waals surface area contributed by atoms with Crippen molar-refractivity contribution in [3.05, 3.63) is 35.0 Å². The Bertz CT molecular complexity index is 536. The van der Waals surface area contributed by atoms with Gasteiger partial charge >= 0.3 is 0 Å². The molecule has 1 unspecified atom stereocenters. The molecule has 0 bridgehead atoms. The number of ether oxygens (including phenoxy) is 1. The molecule has 104 valence electrons. The molecule has 0 amide bonds. The fourth-order valence-corrected chi connectivity index (χ4v) is 2.39. The Morgan fingerprint density at radius 3 is 2.74 bits per heavy atom. The highest BCUT2D eigenvalue weighted by Gasteiger charge is 2.16. The number of halogens is 1. The predicted molar refractivity (Wildman–Crippen MR) is 78.6 cm³/mol. The zero-order chi connectivity index (χ0) is 13.8. The fraction of sp³-hybridized carbons (Fsp3) is 0.467. The van der Waals surface area contributed by atoms with Crippen LogP contribution in [0.4, 0.5) is 0 Å².